The van der Waals surface area contributed by atoms with E-state index in [0.717, 1.165) is 5.56 Å². The van der Waals surface area contributed by atoms with E-state index in [1.165, 1.54) is 14.2 Å². The van der Waals surface area contributed by atoms with Gasteiger partial charge in [-0.3, -0.25) is 0 Å². The van der Waals surface area contributed by atoms with Crippen molar-refractivity contribution in [1.82, 2.24) is 0 Å². The van der Waals surface area contributed by atoms with Gasteiger partial charge >= 0.3 is 0 Å². The van der Waals surface area contributed by atoms with Crippen LogP contribution in [0, 0.1) is 0 Å². The molecule has 2 aromatic rings. The van der Waals surface area contributed by atoms with Gasteiger partial charge in [0.05, 0.1) is 14.2 Å². The zero-order chi connectivity index (χ0) is 17.5. The molecular formula is C18H21F2NO3. The maximum atomic E-state index is 12.7. The van der Waals surface area contributed by atoms with Crippen molar-refractivity contribution >= 4 is 0 Å². The second-order valence-corrected chi connectivity index (χ2v) is 5.25. The maximum absolute atomic E-state index is 12.7. The molecule has 4 nitrogen and oxygen atoms in total. The van der Waals surface area contributed by atoms with Crippen molar-refractivity contribution < 1.29 is 23.0 Å². The number of alkyl halides is 2. The Kier molecular flexibility index (Phi) is 6.37. The van der Waals surface area contributed by atoms with E-state index in [-0.39, 0.29) is 0 Å². The van der Waals surface area contributed by atoms with E-state index < -0.39 is 18.9 Å². The summed E-state index contributed by atoms with van der Waals surface area (Å²) in [7, 11) is 2.97. The summed E-state index contributed by atoms with van der Waals surface area (Å²) in [5, 5.41) is 0. The van der Waals surface area contributed by atoms with Gasteiger partial charge in [-0.25, -0.2) is 8.78 Å². The molecule has 0 unspecified atom stereocenters. The smallest absolute Gasteiger partial charge is 0.240 e. The van der Waals surface area contributed by atoms with Gasteiger partial charge in [0.2, 0.25) is 6.43 Å². The first kappa shape index (κ1) is 18.0. The van der Waals surface area contributed by atoms with E-state index in [1.807, 2.05) is 30.3 Å². The molecule has 24 heavy (non-hydrogen) atoms. The summed E-state index contributed by atoms with van der Waals surface area (Å²) < 4.78 is 41.7. The fourth-order valence-electron chi connectivity index (χ4n) is 2.35. The summed E-state index contributed by atoms with van der Waals surface area (Å²) in [6.45, 7) is 0.296. The summed E-state index contributed by atoms with van der Waals surface area (Å²) in [5.74, 6) is 1.28. The largest absolute Gasteiger partial charge is 0.493 e. The van der Waals surface area contributed by atoms with Crippen molar-refractivity contribution in [1.29, 1.82) is 0 Å². The van der Waals surface area contributed by atoms with Crippen molar-refractivity contribution in [3.8, 4) is 17.2 Å². The number of nitrogens with two attached hydrogens (primary N) is 1. The first-order chi connectivity index (χ1) is 11.5. The molecule has 2 rings (SSSR count). The number of halogens is 2. The van der Waals surface area contributed by atoms with Gasteiger partial charge in [0.25, 0.3) is 0 Å². The number of benzene rings is 2. The Balaban J connectivity index is 2.31. The third kappa shape index (κ3) is 4.58. The molecule has 2 aromatic carbocycles. The minimum absolute atomic E-state index is 0.296. The summed E-state index contributed by atoms with van der Waals surface area (Å²) in [5.41, 5.74) is 7.35. The van der Waals surface area contributed by atoms with Crippen LogP contribution in [-0.2, 0) is 6.61 Å². The average Bonchev–Trinajstić information content (AvgIpc) is 2.59. The van der Waals surface area contributed by atoms with Crippen LogP contribution < -0.4 is 19.9 Å². The SMILES string of the molecule is COc1cc(OCc2ccccc2)c([C@@H](N)CC(F)F)cc1OC. The standard InChI is InChI=1S/C18H21F2NO3/c1-22-16-8-13(14(21)9-18(19)20)15(10-17(16)23-2)24-11-12-6-4-3-5-7-12/h3-8,10,14,18H,9,11,21H2,1-2H3/t14-/m0/s1. The lowest BCUT2D eigenvalue weighted by atomic mass is 10.0. The zero-order valence-corrected chi connectivity index (χ0v) is 13.7. The molecule has 6 heteroatoms. The highest BCUT2D eigenvalue weighted by atomic mass is 19.3. The van der Waals surface area contributed by atoms with Crippen LogP contribution >= 0.6 is 0 Å². The van der Waals surface area contributed by atoms with Crippen LogP contribution in [-0.4, -0.2) is 20.6 Å². The Labute approximate surface area is 140 Å². The molecule has 0 spiro atoms. The van der Waals surface area contributed by atoms with Crippen LogP contribution in [0.1, 0.15) is 23.6 Å². The zero-order valence-electron chi connectivity index (χ0n) is 13.7. The van der Waals surface area contributed by atoms with Crippen molar-refractivity contribution in [2.24, 2.45) is 5.73 Å². The van der Waals surface area contributed by atoms with E-state index in [9.17, 15) is 8.78 Å². The van der Waals surface area contributed by atoms with Gasteiger partial charge < -0.3 is 19.9 Å². The van der Waals surface area contributed by atoms with Crippen molar-refractivity contribution in [2.45, 2.75) is 25.5 Å². The number of ether oxygens (including phenoxy) is 3. The summed E-state index contributed by atoms with van der Waals surface area (Å²) >= 11 is 0. The molecule has 0 aliphatic carbocycles. The first-order valence-corrected chi connectivity index (χ1v) is 7.51. The molecule has 0 bridgehead atoms. The van der Waals surface area contributed by atoms with E-state index >= 15 is 0 Å². The molecule has 2 N–H and O–H groups in total. The summed E-state index contributed by atoms with van der Waals surface area (Å²) in [6, 6.07) is 11.9. The molecule has 0 saturated heterocycles. The molecule has 0 aromatic heterocycles. The number of methoxy groups -OCH3 is 2. The topological polar surface area (TPSA) is 53.7 Å². The molecular weight excluding hydrogens is 316 g/mol. The minimum Gasteiger partial charge on any atom is -0.493 e. The Morgan fingerprint density at radius 2 is 1.58 bits per heavy atom. The van der Waals surface area contributed by atoms with Gasteiger partial charge in [-0.2, -0.15) is 0 Å². The summed E-state index contributed by atoms with van der Waals surface area (Å²) in [4.78, 5) is 0. The van der Waals surface area contributed by atoms with E-state index in [0.29, 0.717) is 29.4 Å². The van der Waals surface area contributed by atoms with E-state index in [4.69, 9.17) is 19.9 Å². The highest BCUT2D eigenvalue weighted by Gasteiger charge is 2.20. The molecule has 0 heterocycles. The lowest BCUT2D eigenvalue weighted by Crippen LogP contribution is -2.16. The van der Waals surface area contributed by atoms with Gasteiger partial charge in [0.1, 0.15) is 12.4 Å². The second kappa shape index (κ2) is 8.49. The lowest BCUT2D eigenvalue weighted by molar-refractivity contribution is 0.127. The van der Waals surface area contributed by atoms with Crippen molar-refractivity contribution in [3.05, 3.63) is 53.6 Å². The van der Waals surface area contributed by atoms with Crippen LogP contribution in [0.5, 0.6) is 17.2 Å². The summed E-state index contributed by atoms with van der Waals surface area (Å²) in [6.07, 6.45) is -2.97. The number of rotatable bonds is 8. The monoisotopic (exact) mass is 337 g/mol. The third-order valence-electron chi connectivity index (χ3n) is 3.58. The molecule has 0 amide bonds. The predicted molar refractivity (Wildman–Crippen MR) is 87.9 cm³/mol. The van der Waals surface area contributed by atoms with E-state index in [1.54, 1.807) is 12.1 Å². The third-order valence-corrected chi connectivity index (χ3v) is 3.58. The number of hydrogen-bond acceptors (Lipinski definition) is 4. The molecule has 0 fully saturated rings. The van der Waals surface area contributed by atoms with Crippen molar-refractivity contribution in [3.63, 3.8) is 0 Å². The van der Waals surface area contributed by atoms with Gasteiger partial charge in [-0.15, -0.1) is 0 Å². The second-order valence-electron chi connectivity index (χ2n) is 5.25. The highest BCUT2D eigenvalue weighted by Crippen LogP contribution is 2.38. The van der Waals surface area contributed by atoms with Crippen LogP contribution in [0.4, 0.5) is 8.78 Å². The van der Waals surface area contributed by atoms with Crippen LogP contribution in [0.15, 0.2) is 42.5 Å². The minimum atomic E-state index is -2.50. The Morgan fingerprint density at radius 3 is 2.17 bits per heavy atom. The Bertz CT molecular complexity index is 650. The van der Waals surface area contributed by atoms with Crippen LogP contribution in [0.2, 0.25) is 0 Å². The average molecular weight is 337 g/mol. The molecule has 0 radical (unpaired) electrons. The Hall–Kier alpha value is -2.34. The van der Waals surface area contributed by atoms with Gasteiger partial charge in [0.15, 0.2) is 11.5 Å². The molecule has 0 saturated carbocycles. The molecule has 130 valence electrons. The quantitative estimate of drug-likeness (QED) is 0.793. The number of hydrogen-bond donors (Lipinski definition) is 1. The van der Waals surface area contributed by atoms with E-state index in [2.05, 4.69) is 0 Å². The Morgan fingerprint density at radius 1 is 0.958 bits per heavy atom. The highest BCUT2D eigenvalue weighted by molar-refractivity contribution is 5.52. The van der Waals surface area contributed by atoms with Gasteiger partial charge in [0, 0.05) is 24.1 Å². The molecule has 0 aliphatic heterocycles. The predicted octanol–water partition coefficient (Wildman–Crippen LogP) is 3.94. The van der Waals surface area contributed by atoms with Gasteiger partial charge in [-0.1, -0.05) is 30.3 Å². The lowest BCUT2D eigenvalue weighted by Gasteiger charge is -2.19. The van der Waals surface area contributed by atoms with Gasteiger partial charge in [-0.05, 0) is 11.6 Å². The van der Waals surface area contributed by atoms with Crippen LogP contribution in [0.3, 0.4) is 0 Å². The fraction of sp³-hybridized carbons (Fsp3) is 0.333. The normalized spacial score (nSPS) is 12.1. The first-order valence-electron chi connectivity index (χ1n) is 7.51. The van der Waals surface area contributed by atoms with Crippen molar-refractivity contribution in [2.75, 3.05) is 14.2 Å². The van der Waals surface area contributed by atoms with Crippen LogP contribution in [0.25, 0.3) is 0 Å². The fourth-order valence-corrected chi connectivity index (χ4v) is 2.35. The molecule has 0 aliphatic rings. The molecule has 1 atom stereocenters. The maximum Gasteiger partial charge on any atom is 0.240 e.